The van der Waals surface area contributed by atoms with Gasteiger partial charge in [-0.25, -0.2) is 0 Å². The van der Waals surface area contributed by atoms with Gasteiger partial charge < -0.3 is 15.4 Å². The Morgan fingerprint density at radius 2 is 1.71 bits per heavy atom. The molecule has 6 nitrogen and oxygen atoms in total. The minimum atomic E-state index is -0.255. The Kier molecular flexibility index (Phi) is 6.39. The van der Waals surface area contributed by atoms with Crippen molar-refractivity contribution in [3.63, 3.8) is 0 Å². The molecule has 0 radical (unpaired) electrons. The van der Waals surface area contributed by atoms with Crippen molar-refractivity contribution >= 4 is 34.6 Å². The molecule has 0 saturated carbocycles. The van der Waals surface area contributed by atoms with Crippen LogP contribution in [0.3, 0.4) is 0 Å². The van der Waals surface area contributed by atoms with E-state index in [2.05, 4.69) is 21.5 Å². The fourth-order valence-corrected chi connectivity index (χ4v) is 2.16. The first-order chi connectivity index (χ1) is 11.6. The number of hydrogen-bond donors (Lipinski definition) is 4. The molecule has 0 fully saturated rings. The topological polar surface area (TPSA) is 74.4 Å². The summed E-state index contributed by atoms with van der Waals surface area (Å²) in [7, 11) is 1.58. The SMILES string of the molecule is COc1ccccc1NCC(=O)NNC(=S)Nc1ccccc1C. The van der Waals surface area contributed by atoms with Gasteiger partial charge in [-0.1, -0.05) is 30.3 Å². The van der Waals surface area contributed by atoms with Gasteiger partial charge in [0.2, 0.25) is 0 Å². The lowest BCUT2D eigenvalue weighted by atomic mass is 10.2. The van der Waals surface area contributed by atoms with E-state index in [9.17, 15) is 4.79 Å². The molecule has 0 aromatic heterocycles. The zero-order chi connectivity index (χ0) is 17.4. The van der Waals surface area contributed by atoms with Crippen molar-refractivity contribution < 1.29 is 9.53 Å². The van der Waals surface area contributed by atoms with Gasteiger partial charge in [-0.3, -0.25) is 15.6 Å². The number of thiocarbonyl (C=S) groups is 1. The van der Waals surface area contributed by atoms with Crippen LogP contribution in [0.4, 0.5) is 11.4 Å². The van der Waals surface area contributed by atoms with Gasteiger partial charge in [0, 0.05) is 5.69 Å². The van der Waals surface area contributed by atoms with E-state index in [0.717, 1.165) is 16.9 Å². The van der Waals surface area contributed by atoms with Crippen molar-refractivity contribution in [2.24, 2.45) is 0 Å². The highest BCUT2D eigenvalue weighted by Crippen LogP contribution is 2.22. The van der Waals surface area contributed by atoms with E-state index in [4.69, 9.17) is 17.0 Å². The first-order valence-corrected chi connectivity index (χ1v) is 7.79. The second kappa shape index (κ2) is 8.73. The maximum absolute atomic E-state index is 11.9. The van der Waals surface area contributed by atoms with Crippen molar-refractivity contribution in [2.75, 3.05) is 24.3 Å². The summed E-state index contributed by atoms with van der Waals surface area (Å²) < 4.78 is 5.21. The monoisotopic (exact) mass is 344 g/mol. The number of amides is 1. The Bertz CT molecular complexity index is 721. The lowest BCUT2D eigenvalue weighted by Crippen LogP contribution is -2.46. The van der Waals surface area contributed by atoms with E-state index >= 15 is 0 Å². The smallest absolute Gasteiger partial charge is 0.257 e. The maximum Gasteiger partial charge on any atom is 0.257 e. The number of ether oxygens (including phenoxy) is 1. The first-order valence-electron chi connectivity index (χ1n) is 7.38. The van der Waals surface area contributed by atoms with E-state index in [-0.39, 0.29) is 12.5 Å². The van der Waals surface area contributed by atoms with Crippen molar-refractivity contribution in [3.05, 3.63) is 54.1 Å². The Balaban J connectivity index is 1.77. The molecular weight excluding hydrogens is 324 g/mol. The number of nitrogens with one attached hydrogen (secondary N) is 4. The quantitative estimate of drug-likeness (QED) is 0.493. The highest BCUT2D eigenvalue weighted by Gasteiger charge is 2.06. The van der Waals surface area contributed by atoms with E-state index < -0.39 is 0 Å². The highest BCUT2D eigenvalue weighted by molar-refractivity contribution is 7.80. The number of hydrazine groups is 1. The summed E-state index contributed by atoms with van der Waals surface area (Å²) in [6.07, 6.45) is 0. The van der Waals surface area contributed by atoms with Crippen molar-refractivity contribution in [1.82, 2.24) is 10.9 Å². The van der Waals surface area contributed by atoms with Crippen molar-refractivity contribution in [3.8, 4) is 5.75 Å². The van der Waals surface area contributed by atoms with E-state index in [1.165, 1.54) is 0 Å². The van der Waals surface area contributed by atoms with Crippen molar-refractivity contribution in [2.45, 2.75) is 6.92 Å². The first kappa shape index (κ1) is 17.6. The normalized spacial score (nSPS) is 9.75. The summed E-state index contributed by atoms with van der Waals surface area (Å²) in [6, 6.07) is 15.1. The van der Waals surface area contributed by atoms with Crippen LogP contribution in [0.1, 0.15) is 5.56 Å². The van der Waals surface area contributed by atoms with Crippen LogP contribution in [0.2, 0.25) is 0 Å². The number of anilines is 2. The van der Waals surface area contributed by atoms with E-state index in [1.807, 2.05) is 55.5 Å². The fourth-order valence-electron chi connectivity index (χ4n) is 2.00. The molecule has 2 aromatic rings. The largest absolute Gasteiger partial charge is 0.495 e. The summed E-state index contributed by atoms with van der Waals surface area (Å²) >= 11 is 5.15. The predicted octanol–water partition coefficient (Wildman–Crippen LogP) is 2.43. The van der Waals surface area contributed by atoms with Gasteiger partial charge in [-0.05, 0) is 42.9 Å². The van der Waals surface area contributed by atoms with Gasteiger partial charge >= 0.3 is 0 Å². The predicted molar refractivity (Wildman–Crippen MR) is 100 cm³/mol. The molecule has 0 bridgehead atoms. The molecule has 0 saturated heterocycles. The molecular formula is C17H20N4O2S. The van der Waals surface area contributed by atoms with E-state index in [1.54, 1.807) is 7.11 Å². The van der Waals surface area contributed by atoms with Crippen LogP contribution in [-0.4, -0.2) is 24.7 Å². The lowest BCUT2D eigenvalue weighted by molar-refractivity contribution is -0.119. The summed E-state index contributed by atoms with van der Waals surface area (Å²) in [6.45, 7) is 2.06. The van der Waals surface area contributed by atoms with Gasteiger partial charge in [-0.2, -0.15) is 0 Å². The standard InChI is InChI=1S/C17H20N4O2S/c1-12-7-3-4-8-13(12)19-17(24)21-20-16(22)11-18-14-9-5-6-10-15(14)23-2/h3-10,18H,11H2,1-2H3,(H,20,22)(H2,19,21,24). The molecule has 0 aliphatic carbocycles. The molecule has 0 unspecified atom stereocenters. The molecule has 7 heteroatoms. The van der Waals surface area contributed by atoms with Gasteiger partial charge in [0.25, 0.3) is 5.91 Å². The van der Waals surface area contributed by atoms with Crippen molar-refractivity contribution in [1.29, 1.82) is 0 Å². The second-order valence-electron chi connectivity index (χ2n) is 5.00. The fraction of sp³-hybridized carbons (Fsp3) is 0.176. The molecule has 2 rings (SSSR count). The third-order valence-electron chi connectivity index (χ3n) is 3.26. The average Bonchev–Trinajstić information content (AvgIpc) is 2.60. The van der Waals surface area contributed by atoms with E-state index in [0.29, 0.717) is 10.9 Å². The van der Waals surface area contributed by atoms with Gasteiger partial charge in [0.15, 0.2) is 5.11 Å². The zero-order valence-corrected chi connectivity index (χ0v) is 14.4. The summed E-state index contributed by atoms with van der Waals surface area (Å²) in [5.74, 6) is 0.421. The van der Waals surface area contributed by atoms with Gasteiger partial charge in [-0.15, -0.1) is 0 Å². The third kappa shape index (κ3) is 5.13. The van der Waals surface area contributed by atoms with Gasteiger partial charge in [0.1, 0.15) is 5.75 Å². The Labute approximate surface area is 146 Å². The number of carbonyl (C=O) groups is 1. The summed E-state index contributed by atoms with van der Waals surface area (Å²) in [5.41, 5.74) is 7.90. The molecule has 1 amide bonds. The number of benzene rings is 2. The van der Waals surface area contributed by atoms with Gasteiger partial charge in [0.05, 0.1) is 19.3 Å². The van der Waals surface area contributed by atoms with Crippen LogP contribution in [-0.2, 0) is 4.79 Å². The molecule has 0 atom stereocenters. The number of carbonyl (C=O) groups excluding carboxylic acids is 1. The molecule has 0 aliphatic rings. The summed E-state index contributed by atoms with van der Waals surface area (Å²) in [5, 5.41) is 6.34. The third-order valence-corrected chi connectivity index (χ3v) is 3.46. The number of aryl methyl sites for hydroxylation is 1. The Hall–Kier alpha value is -2.80. The minimum absolute atomic E-state index is 0.0837. The Morgan fingerprint density at radius 3 is 2.42 bits per heavy atom. The zero-order valence-electron chi connectivity index (χ0n) is 13.6. The molecule has 2 aromatic carbocycles. The molecule has 0 spiro atoms. The molecule has 4 N–H and O–H groups in total. The second-order valence-corrected chi connectivity index (χ2v) is 5.40. The van der Waals surface area contributed by atoms with Crippen LogP contribution in [0.5, 0.6) is 5.75 Å². The van der Waals surface area contributed by atoms with Crippen LogP contribution in [0, 0.1) is 6.92 Å². The van der Waals surface area contributed by atoms with Crippen LogP contribution in [0.15, 0.2) is 48.5 Å². The van der Waals surface area contributed by atoms with Crippen LogP contribution < -0.4 is 26.2 Å². The number of rotatable bonds is 5. The summed E-state index contributed by atoms with van der Waals surface area (Å²) in [4.78, 5) is 11.9. The number of methoxy groups -OCH3 is 1. The highest BCUT2D eigenvalue weighted by atomic mass is 32.1. The Morgan fingerprint density at radius 1 is 1.04 bits per heavy atom. The number of hydrogen-bond acceptors (Lipinski definition) is 4. The van der Waals surface area contributed by atoms with Crippen LogP contribution in [0.25, 0.3) is 0 Å². The molecule has 126 valence electrons. The average molecular weight is 344 g/mol. The maximum atomic E-state index is 11.9. The number of para-hydroxylation sites is 3. The lowest BCUT2D eigenvalue weighted by Gasteiger charge is -2.14. The molecule has 24 heavy (non-hydrogen) atoms. The minimum Gasteiger partial charge on any atom is -0.495 e. The van der Waals surface area contributed by atoms with Crippen LogP contribution >= 0.6 is 12.2 Å². The molecule has 0 heterocycles. The molecule has 0 aliphatic heterocycles.